The number of carbonyl (C=O) groups is 2. The van der Waals surface area contributed by atoms with E-state index in [4.69, 9.17) is 0 Å². The fraction of sp³-hybridized carbons (Fsp3) is 0.0769. The zero-order chi connectivity index (χ0) is 44.4. The van der Waals surface area contributed by atoms with Gasteiger partial charge in [0.05, 0.1) is 18.9 Å². The highest BCUT2D eigenvalue weighted by molar-refractivity contribution is 8.03. The molecular weight excluding hydrogens is 913 g/mol. The summed E-state index contributed by atoms with van der Waals surface area (Å²) in [5.41, 5.74) is 9.55. The number of rotatable bonds is 4. The van der Waals surface area contributed by atoms with Gasteiger partial charge in [0.2, 0.25) is 31.2 Å². The van der Waals surface area contributed by atoms with Crippen LogP contribution in [0.15, 0.2) is 131 Å². The predicted molar refractivity (Wildman–Crippen MR) is 264 cm³/mol. The number of benzene rings is 5. The third-order valence-corrected chi connectivity index (χ3v) is 20.3. The van der Waals surface area contributed by atoms with Crippen LogP contribution in [0.2, 0.25) is 0 Å². The summed E-state index contributed by atoms with van der Waals surface area (Å²) in [4.78, 5) is 28.6. The SMILES string of the molecule is Cc1cccc(C)c1-c1c2cc(/C=c3/cc/c(=C4/C(=O)c5ccccc5S4(=O)=O)s3)sc2c(-c2c(C)cccc2C)c2cc(/C=c3/cc/c(=C4/C(=O)c5ccccc5S4(=O)=O)s3)sc12. The van der Waals surface area contributed by atoms with E-state index in [0.29, 0.717) is 9.06 Å². The summed E-state index contributed by atoms with van der Waals surface area (Å²) >= 11 is 5.97. The monoisotopic (exact) mass is 946 g/mol. The van der Waals surface area contributed by atoms with Crippen molar-refractivity contribution in [3.63, 3.8) is 0 Å². The molecule has 0 spiro atoms. The van der Waals surface area contributed by atoms with Crippen LogP contribution in [0.3, 0.4) is 0 Å². The number of fused-ring (bicyclic) bond motifs is 4. The van der Waals surface area contributed by atoms with Crippen molar-refractivity contribution >= 4 is 119 Å². The number of hydrogen-bond acceptors (Lipinski definition) is 10. The Labute approximate surface area is 384 Å². The Hall–Kier alpha value is -5.86. The molecule has 6 heterocycles. The largest absolute Gasteiger partial charge is 0.288 e. The number of aryl methyl sites for hydroxylation is 4. The first-order chi connectivity index (χ1) is 30.7. The van der Waals surface area contributed by atoms with Crippen LogP contribution in [0.4, 0.5) is 0 Å². The lowest BCUT2D eigenvalue weighted by Gasteiger charge is -2.18. The third kappa shape index (κ3) is 6.18. The number of Topliss-reactive ketones (excluding diaryl/α,β-unsaturated/α-hetero) is 2. The molecule has 2 aliphatic rings. The van der Waals surface area contributed by atoms with Crippen molar-refractivity contribution < 1.29 is 26.4 Å². The Morgan fingerprint density at radius 3 is 1.17 bits per heavy atom. The maximum Gasteiger partial charge on any atom is 0.212 e. The maximum absolute atomic E-state index is 13.6. The van der Waals surface area contributed by atoms with Crippen molar-refractivity contribution in [3.8, 4) is 22.3 Å². The van der Waals surface area contributed by atoms with Gasteiger partial charge in [0.25, 0.3) is 0 Å². The summed E-state index contributed by atoms with van der Waals surface area (Å²) in [7, 11) is -7.90. The number of sulfone groups is 2. The summed E-state index contributed by atoms with van der Waals surface area (Å²) in [5.74, 6) is -0.944. The molecule has 11 rings (SSSR count). The molecule has 0 aliphatic carbocycles. The molecule has 314 valence electrons. The van der Waals surface area contributed by atoms with Crippen LogP contribution >= 0.6 is 45.3 Å². The normalized spacial score (nSPS) is 17.6. The zero-order valence-electron chi connectivity index (χ0n) is 34.6. The van der Waals surface area contributed by atoms with E-state index in [9.17, 15) is 26.4 Å². The van der Waals surface area contributed by atoms with E-state index in [0.717, 1.165) is 83.5 Å². The molecule has 0 bridgehead atoms. The molecule has 0 amide bonds. The minimum absolute atomic E-state index is 0.0544. The first-order valence-electron chi connectivity index (χ1n) is 20.3. The Bertz CT molecular complexity index is 3720. The minimum atomic E-state index is -3.95. The van der Waals surface area contributed by atoms with Crippen molar-refractivity contribution in [2.45, 2.75) is 37.5 Å². The van der Waals surface area contributed by atoms with Gasteiger partial charge in [-0.25, -0.2) is 16.8 Å². The van der Waals surface area contributed by atoms with Crippen molar-refractivity contribution in [1.82, 2.24) is 0 Å². The predicted octanol–water partition coefficient (Wildman–Crippen LogP) is 10.0. The van der Waals surface area contributed by atoms with Gasteiger partial charge in [-0.3, -0.25) is 9.59 Å². The second kappa shape index (κ2) is 14.8. The van der Waals surface area contributed by atoms with E-state index >= 15 is 0 Å². The molecule has 2 aliphatic heterocycles. The first kappa shape index (κ1) is 40.9. The highest BCUT2D eigenvalue weighted by atomic mass is 32.2. The molecule has 9 aromatic rings. The molecule has 6 nitrogen and oxygen atoms in total. The summed E-state index contributed by atoms with van der Waals surface area (Å²) < 4.78 is 59.1. The Morgan fingerprint density at radius 2 is 0.797 bits per heavy atom. The van der Waals surface area contributed by atoms with Crippen LogP contribution in [0, 0.1) is 27.7 Å². The average molecular weight is 947 g/mol. The molecule has 64 heavy (non-hydrogen) atoms. The molecular formula is C52H34O6S6. The van der Waals surface area contributed by atoms with E-state index in [1.165, 1.54) is 34.8 Å². The Morgan fingerprint density at radius 1 is 0.422 bits per heavy atom. The zero-order valence-corrected chi connectivity index (χ0v) is 39.5. The molecule has 0 unspecified atom stereocenters. The fourth-order valence-corrected chi connectivity index (χ4v) is 17.7. The van der Waals surface area contributed by atoms with Gasteiger partial charge in [-0.15, -0.1) is 45.3 Å². The van der Waals surface area contributed by atoms with Gasteiger partial charge in [-0.2, -0.15) is 0 Å². The van der Waals surface area contributed by atoms with Crippen LogP contribution < -0.4 is 18.1 Å². The molecule has 5 aromatic carbocycles. The molecule has 0 N–H and O–H groups in total. The maximum atomic E-state index is 13.6. The molecule has 0 atom stereocenters. The molecule has 0 fully saturated rings. The highest BCUT2D eigenvalue weighted by Gasteiger charge is 2.41. The minimum Gasteiger partial charge on any atom is -0.288 e. The van der Waals surface area contributed by atoms with Crippen LogP contribution in [-0.2, 0) is 19.7 Å². The topological polar surface area (TPSA) is 102 Å². The summed E-state index contributed by atoms with van der Waals surface area (Å²) in [6, 6.07) is 37.2. The van der Waals surface area contributed by atoms with Gasteiger partial charge in [0, 0.05) is 61.2 Å². The third-order valence-electron chi connectivity index (χ3n) is 12.0. The molecule has 0 saturated carbocycles. The molecule has 4 aromatic heterocycles. The standard InChI is InChI=1S/C52H34O6S6/c1-27-11-9-12-28(2)43(27)45-37-25-33(23-31-19-21-39(59-31)51-47(53)35-15-5-7-17-41(35)63(51,55)56)62-50(37)46(44-29(3)13-10-14-30(44)4)38-26-34(61-49(38)45)24-32-20-22-40(60-32)52-48(54)36-16-6-8-18-42(36)64(52,57)58/h5-26H,1-4H3/b31-23-,32-24-,51-39+,52-40+. The Balaban J connectivity index is 1.16. The molecule has 12 heteroatoms. The Kier molecular flexibility index (Phi) is 9.48. The highest BCUT2D eigenvalue weighted by Crippen LogP contribution is 2.52. The van der Waals surface area contributed by atoms with Crippen LogP contribution in [0.5, 0.6) is 0 Å². The summed E-state index contributed by atoms with van der Waals surface area (Å²) in [5, 5.41) is 2.20. The number of ketones is 2. The van der Waals surface area contributed by atoms with E-state index in [1.54, 1.807) is 71.2 Å². The van der Waals surface area contributed by atoms with Gasteiger partial charge < -0.3 is 0 Å². The van der Waals surface area contributed by atoms with Crippen molar-refractivity contribution in [1.29, 1.82) is 0 Å². The van der Waals surface area contributed by atoms with E-state index in [2.05, 4.69) is 88.4 Å². The summed E-state index contributed by atoms with van der Waals surface area (Å²) in [6.07, 6.45) is 4.16. The van der Waals surface area contributed by atoms with Gasteiger partial charge in [-0.05, 0) is 134 Å². The van der Waals surface area contributed by atoms with Gasteiger partial charge >= 0.3 is 0 Å². The lowest BCUT2D eigenvalue weighted by molar-refractivity contribution is 0.105. The lowest BCUT2D eigenvalue weighted by Crippen LogP contribution is -2.11. The van der Waals surface area contributed by atoms with Gasteiger partial charge in [0.15, 0.2) is 0 Å². The van der Waals surface area contributed by atoms with Gasteiger partial charge in [-0.1, -0.05) is 60.7 Å². The van der Waals surface area contributed by atoms with Crippen LogP contribution in [0.1, 0.15) is 52.7 Å². The van der Waals surface area contributed by atoms with Gasteiger partial charge in [0.1, 0.15) is 9.81 Å². The fourth-order valence-electron chi connectivity index (χ4n) is 9.22. The van der Waals surface area contributed by atoms with Crippen molar-refractivity contribution in [3.05, 3.63) is 183 Å². The number of carbonyl (C=O) groups excluding carboxylic acids is 2. The van der Waals surface area contributed by atoms with Crippen molar-refractivity contribution in [2.24, 2.45) is 0 Å². The molecule has 0 radical (unpaired) electrons. The second-order valence-electron chi connectivity index (χ2n) is 16.1. The average Bonchev–Trinajstić information content (AvgIpc) is 4.12. The van der Waals surface area contributed by atoms with Crippen LogP contribution in [0.25, 0.3) is 64.4 Å². The van der Waals surface area contributed by atoms with Crippen molar-refractivity contribution in [2.75, 3.05) is 0 Å². The number of hydrogen-bond donors (Lipinski definition) is 0. The van der Waals surface area contributed by atoms with E-state index in [-0.39, 0.29) is 30.7 Å². The first-order valence-corrected chi connectivity index (χ1v) is 26.5. The summed E-state index contributed by atoms with van der Waals surface area (Å²) in [6.45, 7) is 8.57. The molecule has 0 saturated heterocycles. The second-order valence-corrected chi connectivity index (χ2v) is 24.2. The van der Waals surface area contributed by atoms with Crippen LogP contribution in [-0.4, -0.2) is 28.4 Å². The lowest BCUT2D eigenvalue weighted by atomic mass is 9.87. The van der Waals surface area contributed by atoms with E-state index in [1.807, 2.05) is 12.1 Å². The number of thiophene rings is 4. The smallest absolute Gasteiger partial charge is 0.212 e. The van der Waals surface area contributed by atoms with E-state index < -0.39 is 31.2 Å². The quantitative estimate of drug-likeness (QED) is 0.174.